The van der Waals surface area contributed by atoms with E-state index in [1.165, 1.54) is 0 Å². The highest BCUT2D eigenvalue weighted by Crippen LogP contribution is 2.29. The molecule has 0 atom stereocenters. The molecule has 1 aromatic heterocycles. The van der Waals surface area contributed by atoms with Crippen LogP contribution in [-0.4, -0.2) is 16.1 Å². The van der Waals surface area contributed by atoms with Crippen molar-refractivity contribution < 1.29 is 9.90 Å². The Morgan fingerprint density at radius 2 is 1.95 bits per heavy atom. The summed E-state index contributed by atoms with van der Waals surface area (Å²) in [5.74, 6) is -0.917. The van der Waals surface area contributed by atoms with Gasteiger partial charge in [-0.1, -0.05) is 30.3 Å². The molecule has 0 bridgehead atoms. The molecule has 0 aliphatic carbocycles. The number of carboxylic acid groups (broad SMARTS) is 1. The lowest BCUT2D eigenvalue weighted by Gasteiger charge is -2.09. The average molecular weight is 263 g/mol. The Hall–Kier alpha value is -2.68. The maximum absolute atomic E-state index is 11.1. The van der Waals surface area contributed by atoms with Crippen LogP contribution in [0.15, 0.2) is 54.7 Å². The molecule has 2 aromatic carbocycles. The standard InChI is InChI=1S/C17H13NO2/c1-11-4-3-9-18-16(11)14-6-2-5-12-7-8-13(17(19)20)10-15(12)14/h2-10H,1H3,(H,19,20). The number of rotatable bonds is 2. The zero-order valence-electron chi connectivity index (χ0n) is 11.0. The monoisotopic (exact) mass is 263 g/mol. The fourth-order valence-corrected chi connectivity index (χ4v) is 2.38. The van der Waals surface area contributed by atoms with E-state index >= 15 is 0 Å². The second-order valence-electron chi connectivity index (χ2n) is 4.72. The Kier molecular flexibility index (Phi) is 2.95. The van der Waals surface area contributed by atoms with Crippen LogP contribution in [0.2, 0.25) is 0 Å². The fraction of sp³-hybridized carbons (Fsp3) is 0.0588. The lowest BCUT2D eigenvalue weighted by atomic mass is 9.97. The molecule has 3 aromatic rings. The van der Waals surface area contributed by atoms with Gasteiger partial charge in [-0.25, -0.2) is 4.79 Å². The minimum atomic E-state index is -0.917. The van der Waals surface area contributed by atoms with Crippen LogP contribution in [-0.2, 0) is 0 Å². The van der Waals surface area contributed by atoms with Gasteiger partial charge in [0, 0.05) is 11.8 Å². The first-order valence-corrected chi connectivity index (χ1v) is 6.35. The first-order chi connectivity index (χ1) is 9.66. The van der Waals surface area contributed by atoms with Crippen molar-refractivity contribution in [3.05, 3.63) is 65.9 Å². The number of nitrogens with zero attached hydrogens (tertiary/aromatic N) is 1. The normalized spacial score (nSPS) is 10.7. The number of fused-ring (bicyclic) bond motifs is 1. The summed E-state index contributed by atoms with van der Waals surface area (Å²) in [6.45, 7) is 2.00. The van der Waals surface area contributed by atoms with Gasteiger partial charge in [-0.3, -0.25) is 4.98 Å². The Morgan fingerprint density at radius 3 is 2.70 bits per heavy atom. The molecule has 0 unspecified atom stereocenters. The molecule has 3 nitrogen and oxygen atoms in total. The molecular formula is C17H13NO2. The van der Waals surface area contributed by atoms with E-state index in [9.17, 15) is 4.79 Å². The molecular weight excluding hydrogens is 250 g/mol. The van der Waals surface area contributed by atoms with Crippen molar-refractivity contribution >= 4 is 16.7 Å². The van der Waals surface area contributed by atoms with E-state index in [0.29, 0.717) is 5.56 Å². The molecule has 20 heavy (non-hydrogen) atoms. The molecule has 0 saturated carbocycles. The highest BCUT2D eigenvalue weighted by atomic mass is 16.4. The number of aromatic nitrogens is 1. The molecule has 0 fully saturated rings. The predicted molar refractivity (Wildman–Crippen MR) is 78.9 cm³/mol. The second kappa shape index (κ2) is 4.78. The number of hydrogen-bond acceptors (Lipinski definition) is 2. The molecule has 1 heterocycles. The molecule has 0 aliphatic heterocycles. The third kappa shape index (κ3) is 2.03. The van der Waals surface area contributed by atoms with Crippen molar-refractivity contribution in [2.75, 3.05) is 0 Å². The van der Waals surface area contributed by atoms with Gasteiger partial charge in [0.2, 0.25) is 0 Å². The van der Waals surface area contributed by atoms with Crippen molar-refractivity contribution in [2.45, 2.75) is 6.92 Å². The van der Waals surface area contributed by atoms with Crippen LogP contribution in [0.3, 0.4) is 0 Å². The van der Waals surface area contributed by atoms with Crippen LogP contribution in [0.25, 0.3) is 22.0 Å². The van der Waals surface area contributed by atoms with E-state index in [1.807, 2.05) is 43.3 Å². The van der Waals surface area contributed by atoms with Crippen LogP contribution in [0.5, 0.6) is 0 Å². The summed E-state index contributed by atoms with van der Waals surface area (Å²) in [6.07, 6.45) is 1.75. The average Bonchev–Trinajstić information content (AvgIpc) is 2.46. The lowest BCUT2D eigenvalue weighted by molar-refractivity contribution is 0.0697. The minimum Gasteiger partial charge on any atom is -0.478 e. The molecule has 1 N–H and O–H groups in total. The molecule has 0 saturated heterocycles. The summed E-state index contributed by atoms with van der Waals surface area (Å²) in [5.41, 5.74) is 3.21. The van der Waals surface area contributed by atoms with Gasteiger partial charge in [-0.2, -0.15) is 0 Å². The highest BCUT2D eigenvalue weighted by molar-refractivity contribution is 6.01. The van der Waals surface area contributed by atoms with E-state index in [2.05, 4.69) is 4.98 Å². The van der Waals surface area contributed by atoms with Crippen molar-refractivity contribution in [3.63, 3.8) is 0 Å². The van der Waals surface area contributed by atoms with E-state index in [-0.39, 0.29) is 0 Å². The molecule has 0 aliphatic rings. The second-order valence-corrected chi connectivity index (χ2v) is 4.72. The van der Waals surface area contributed by atoms with E-state index in [1.54, 1.807) is 18.3 Å². The van der Waals surface area contributed by atoms with E-state index in [0.717, 1.165) is 27.6 Å². The Balaban J connectivity index is 2.33. The zero-order chi connectivity index (χ0) is 14.1. The summed E-state index contributed by atoms with van der Waals surface area (Å²) in [6, 6.07) is 15.0. The van der Waals surface area contributed by atoms with Gasteiger partial charge < -0.3 is 5.11 Å². The van der Waals surface area contributed by atoms with Crippen LogP contribution in [0.4, 0.5) is 0 Å². The van der Waals surface area contributed by atoms with Crippen molar-refractivity contribution in [1.82, 2.24) is 4.98 Å². The van der Waals surface area contributed by atoms with Gasteiger partial charge in [0.15, 0.2) is 0 Å². The molecule has 0 spiro atoms. The number of aryl methyl sites for hydroxylation is 1. The summed E-state index contributed by atoms with van der Waals surface area (Å²) in [7, 11) is 0. The summed E-state index contributed by atoms with van der Waals surface area (Å²) >= 11 is 0. The van der Waals surface area contributed by atoms with Crippen molar-refractivity contribution in [2.24, 2.45) is 0 Å². The zero-order valence-corrected chi connectivity index (χ0v) is 11.0. The number of hydrogen-bond donors (Lipinski definition) is 1. The highest BCUT2D eigenvalue weighted by Gasteiger charge is 2.10. The first-order valence-electron chi connectivity index (χ1n) is 6.35. The van der Waals surface area contributed by atoms with E-state index < -0.39 is 5.97 Å². The van der Waals surface area contributed by atoms with Gasteiger partial charge in [0.1, 0.15) is 0 Å². The molecule has 0 radical (unpaired) electrons. The number of benzene rings is 2. The third-order valence-corrected chi connectivity index (χ3v) is 3.39. The largest absolute Gasteiger partial charge is 0.478 e. The maximum atomic E-state index is 11.1. The number of aromatic carboxylic acids is 1. The SMILES string of the molecule is Cc1cccnc1-c1cccc2ccc(C(=O)O)cc12. The molecule has 3 heteroatoms. The van der Waals surface area contributed by atoms with Crippen LogP contribution in [0.1, 0.15) is 15.9 Å². The Bertz CT molecular complexity index is 809. The van der Waals surface area contributed by atoms with Crippen LogP contribution >= 0.6 is 0 Å². The number of carboxylic acids is 1. The van der Waals surface area contributed by atoms with Gasteiger partial charge >= 0.3 is 5.97 Å². The Labute approximate surface area is 116 Å². The van der Waals surface area contributed by atoms with Crippen LogP contribution in [0, 0.1) is 6.92 Å². The van der Waals surface area contributed by atoms with Crippen molar-refractivity contribution in [3.8, 4) is 11.3 Å². The Morgan fingerprint density at radius 1 is 1.10 bits per heavy atom. The molecule has 98 valence electrons. The summed E-state index contributed by atoms with van der Waals surface area (Å²) < 4.78 is 0. The summed E-state index contributed by atoms with van der Waals surface area (Å²) in [4.78, 5) is 15.6. The quantitative estimate of drug-likeness (QED) is 0.762. The van der Waals surface area contributed by atoms with Gasteiger partial charge in [0.05, 0.1) is 11.3 Å². The number of pyridine rings is 1. The van der Waals surface area contributed by atoms with Crippen molar-refractivity contribution in [1.29, 1.82) is 0 Å². The first kappa shape index (κ1) is 12.4. The molecule has 0 amide bonds. The topological polar surface area (TPSA) is 50.2 Å². The van der Waals surface area contributed by atoms with Gasteiger partial charge in [0.25, 0.3) is 0 Å². The predicted octanol–water partition coefficient (Wildman–Crippen LogP) is 3.91. The molecule has 3 rings (SSSR count). The van der Waals surface area contributed by atoms with E-state index in [4.69, 9.17) is 5.11 Å². The smallest absolute Gasteiger partial charge is 0.335 e. The van der Waals surface area contributed by atoms with Gasteiger partial charge in [-0.05, 0) is 41.5 Å². The maximum Gasteiger partial charge on any atom is 0.335 e. The fourth-order valence-electron chi connectivity index (χ4n) is 2.38. The minimum absolute atomic E-state index is 0.290. The summed E-state index contributed by atoms with van der Waals surface area (Å²) in [5, 5.41) is 11.1. The third-order valence-electron chi connectivity index (χ3n) is 3.39. The number of carbonyl (C=O) groups is 1. The lowest BCUT2D eigenvalue weighted by Crippen LogP contribution is -1.96. The van der Waals surface area contributed by atoms with Gasteiger partial charge in [-0.15, -0.1) is 0 Å². The van der Waals surface area contributed by atoms with Crippen LogP contribution < -0.4 is 0 Å².